The van der Waals surface area contributed by atoms with Crippen molar-refractivity contribution in [2.75, 3.05) is 6.54 Å². The second kappa shape index (κ2) is 6.19. The van der Waals surface area contributed by atoms with Crippen LogP contribution in [0.15, 0.2) is 12.4 Å². The van der Waals surface area contributed by atoms with Crippen LogP contribution < -0.4 is 5.32 Å². The fraction of sp³-hybridized carbons (Fsp3) is 0.714. The van der Waals surface area contributed by atoms with Crippen molar-refractivity contribution >= 4 is 5.91 Å². The molecule has 5 heteroatoms. The van der Waals surface area contributed by atoms with Gasteiger partial charge in [0, 0.05) is 44.5 Å². The Balaban J connectivity index is 1.89. The summed E-state index contributed by atoms with van der Waals surface area (Å²) in [6, 6.07) is 0.861. The van der Waals surface area contributed by atoms with E-state index in [1.54, 1.807) is 6.20 Å². The molecule has 0 unspecified atom stereocenters. The van der Waals surface area contributed by atoms with Gasteiger partial charge in [-0.15, -0.1) is 0 Å². The van der Waals surface area contributed by atoms with Crippen molar-refractivity contribution in [3.8, 4) is 0 Å². The van der Waals surface area contributed by atoms with Crippen molar-refractivity contribution in [2.24, 2.45) is 7.05 Å². The van der Waals surface area contributed by atoms with Gasteiger partial charge in [0.05, 0.1) is 6.54 Å². The van der Waals surface area contributed by atoms with Crippen LogP contribution in [0.4, 0.5) is 0 Å². The number of aromatic nitrogens is 2. The molecular weight excluding hydrogens is 240 g/mol. The maximum atomic E-state index is 12.3. The second-order valence-electron chi connectivity index (χ2n) is 5.57. The van der Waals surface area contributed by atoms with Crippen molar-refractivity contribution in [1.82, 2.24) is 19.8 Å². The maximum absolute atomic E-state index is 12.3. The molecule has 2 rings (SSSR count). The third-order valence-electron chi connectivity index (χ3n) is 3.43. The first-order valence-corrected chi connectivity index (χ1v) is 7.07. The summed E-state index contributed by atoms with van der Waals surface area (Å²) in [5.41, 5.74) is 0. The predicted octanol–water partition coefficient (Wildman–Crippen LogP) is 1.30. The Bertz CT molecular complexity index is 423. The van der Waals surface area contributed by atoms with Gasteiger partial charge in [0.1, 0.15) is 5.82 Å². The summed E-state index contributed by atoms with van der Waals surface area (Å²) < 4.78 is 1.98. The van der Waals surface area contributed by atoms with Crippen LogP contribution in [0, 0.1) is 0 Å². The van der Waals surface area contributed by atoms with E-state index in [4.69, 9.17) is 0 Å². The van der Waals surface area contributed by atoms with Gasteiger partial charge in [-0.05, 0) is 12.8 Å². The van der Waals surface area contributed by atoms with E-state index in [9.17, 15) is 4.79 Å². The summed E-state index contributed by atoms with van der Waals surface area (Å²) in [5, 5.41) is 3.29. The molecule has 19 heavy (non-hydrogen) atoms. The van der Waals surface area contributed by atoms with Crippen molar-refractivity contribution < 1.29 is 4.79 Å². The van der Waals surface area contributed by atoms with Gasteiger partial charge in [-0.1, -0.05) is 13.8 Å². The van der Waals surface area contributed by atoms with Gasteiger partial charge in [-0.25, -0.2) is 4.98 Å². The van der Waals surface area contributed by atoms with Gasteiger partial charge in [0.2, 0.25) is 5.91 Å². The van der Waals surface area contributed by atoms with Crippen molar-refractivity contribution in [1.29, 1.82) is 0 Å². The average Bonchev–Trinajstić information content (AvgIpc) is 3.10. The van der Waals surface area contributed by atoms with E-state index in [0.29, 0.717) is 25.0 Å². The molecule has 1 aliphatic carbocycles. The summed E-state index contributed by atoms with van der Waals surface area (Å²) in [4.78, 5) is 18.6. The number of carbonyl (C=O) groups is 1. The molecule has 1 aromatic rings. The maximum Gasteiger partial charge on any atom is 0.224 e. The average molecular weight is 264 g/mol. The van der Waals surface area contributed by atoms with Crippen LogP contribution in [0.3, 0.4) is 0 Å². The first kappa shape index (κ1) is 14.1. The molecule has 1 aliphatic rings. The molecule has 1 aromatic heterocycles. The van der Waals surface area contributed by atoms with E-state index in [2.05, 4.69) is 24.1 Å². The number of hydrogen-bond acceptors (Lipinski definition) is 3. The molecule has 0 aliphatic heterocycles. The van der Waals surface area contributed by atoms with Crippen molar-refractivity contribution in [2.45, 2.75) is 51.7 Å². The van der Waals surface area contributed by atoms with E-state index >= 15 is 0 Å². The summed E-state index contributed by atoms with van der Waals surface area (Å²) in [7, 11) is 1.97. The highest BCUT2D eigenvalue weighted by atomic mass is 16.2. The summed E-state index contributed by atoms with van der Waals surface area (Å²) >= 11 is 0. The normalized spacial score (nSPS) is 14.9. The fourth-order valence-electron chi connectivity index (χ4n) is 2.12. The number of rotatable bonds is 7. The molecule has 1 amide bonds. The predicted molar refractivity (Wildman–Crippen MR) is 74.5 cm³/mol. The van der Waals surface area contributed by atoms with Gasteiger partial charge >= 0.3 is 0 Å². The lowest BCUT2D eigenvalue weighted by molar-refractivity contribution is -0.132. The van der Waals surface area contributed by atoms with Crippen LogP contribution in [0.2, 0.25) is 0 Å². The van der Waals surface area contributed by atoms with Gasteiger partial charge in [-0.3, -0.25) is 4.79 Å². The van der Waals surface area contributed by atoms with E-state index in [0.717, 1.165) is 25.2 Å². The zero-order chi connectivity index (χ0) is 13.8. The minimum atomic E-state index is 0.235. The third-order valence-corrected chi connectivity index (χ3v) is 3.43. The molecule has 1 saturated carbocycles. The highest BCUT2D eigenvalue weighted by Gasteiger charge is 2.32. The topological polar surface area (TPSA) is 50.2 Å². The Morgan fingerprint density at radius 3 is 2.84 bits per heavy atom. The molecule has 1 N–H and O–H groups in total. The van der Waals surface area contributed by atoms with Crippen molar-refractivity contribution in [3.05, 3.63) is 18.2 Å². The Hall–Kier alpha value is -1.36. The molecule has 0 aromatic carbocycles. The summed E-state index contributed by atoms with van der Waals surface area (Å²) in [6.45, 7) is 5.57. The monoisotopic (exact) mass is 264 g/mol. The Morgan fingerprint density at radius 2 is 2.32 bits per heavy atom. The lowest BCUT2D eigenvalue weighted by Gasteiger charge is -2.22. The highest BCUT2D eigenvalue weighted by molar-refractivity contribution is 5.77. The van der Waals surface area contributed by atoms with Gasteiger partial charge < -0.3 is 14.8 Å². The zero-order valence-corrected chi connectivity index (χ0v) is 12.1. The molecule has 0 atom stereocenters. The molecular formula is C14H24N4O. The molecule has 106 valence electrons. The largest absolute Gasteiger partial charge is 0.337 e. The molecule has 5 nitrogen and oxygen atoms in total. The Kier molecular flexibility index (Phi) is 4.58. The smallest absolute Gasteiger partial charge is 0.224 e. The minimum absolute atomic E-state index is 0.235. The lowest BCUT2D eigenvalue weighted by Crippen LogP contribution is -2.36. The van der Waals surface area contributed by atoms with Crippen LogP contribution >= 0.6 is 0 Å². The van der Waals surface area contributed by atoms with E-state index in [1.165, 1.54) is 0 Å². The zero-order valence-electron chi connectivity index (χ0n) is 12.1. The summed E-state index contributed by atoms with van der Waals surface area (Å²) in [5.74, 6) is 1.19. The third kappa shape index (κ3) is 4.06. The van der Waals surface area contributed by atoms with Gasteiger partial charge in [0.15, 0.2) is 0 Å². The van der Waals surface area contributed by atoms with E-state index < -0.39 is 0 Å². The van der Waals surface area contributed by atoms with Crippen LogP contribution in [-0.2, 0) is 18.4 Å². The van der Waals surface area contributed by atoms with Crippen LogP contribution in [-0.4, -0.2) is 39.0 Å². The molecule has 0 radical (unpaired) electrons. The number of carbonyl (C=O) groups excluding carboxylic acids is 1. The van der Waals surface area contributed by atoms with Crippen molar-refractivity contribution in [3.63, 3.8) is 0 Å². The number of hydrogen-bond donors (Lipinski definition) is 1. The first-order chi connectivity index (χ1) is 9.08. The first-order valence-electron chi connectivity index (χ1n) is 7.07. The minimum Gasteiger partial charge on any atom is -0.337 e. The standard InChI is InChI=1S/C14H24N4O/c1-11(2)15-7-6-14(19)18(12-4-5-12)10-13-16-8-9-17(13)3/h8-9,11-12,15H,4-7,10H2,1-3H3. The second-order valence-corrected chi connectivity index (χ2v) is 5.57. The van der Waals surface area contributed by atoms with Crippen LogP contribution in [0.5, 0.6) is 0 Å². The van der Waals surface area contributed by atoms with Gasteiger partial charge in [0.25, 0.3) is 0 Å². The molecule has 1 heterocycles. The van der Waals surface area contributed by atoms with E-state index in [-0.39, 0.29) is 5.91 Å². The number of aryl methyl sites for hydroxylation is 1. The highest BCUT2D eigenvalue weighted by Crippen LogP contribution is 2.28. The quantitative estimate of drug-likeness (QED) is 0.807. The number of imidazole rings is 1. The Morgan fingerprint density at radius 1 is 1.58 bits per heavy atom. The SMILES string of the molecule is CC(C)NCCC(=O)N(Cc1nccn1C)C1CC1. The van der Waals surface area contributed by atoms with Crippen LogP contribution in [0.25, 0.3) is 0 Å². The van der Waals surface area contributed by atoms with E-state index in [1.807, 2.05) is 22.7 Å². The molecule has 0 spiro atoms. The molecule has 0 saturated heterocycles. The van der Waals surface area contributed by atoms with Gasteiger partial charge in [-0.2, -0.15) is 0 Å². The fourth-order valence-corrected chi connectivity index (χ4v) is 2.12. The number of nitrogens with one attached hydrogen (secondary N) is 1. The number of nitrogens with zero attached hydrogens (tertiary/aromatic N) is 3. The Labute approximate surface area is 115 Å². The molecule has 0 bridgehead atoms. The summed E-state index contributed by atoms with van der Waals surface area (Å²) in [6.07, 6.45) is 6.54. The number of amides is 1. The lowest BCUT2D eigenvalue weighted by atomic mass is 10.3. The molecule has 1 fully saturated rings. The van der Waals surface area contributed by atoms with Crippen LogP contribution in [0.1, 0.15) is 38.9 Å².